The van der Waals surface area contributed by atoms with E-state index in [9.17, 15) is 4.79 Å². The molecule has 0 unspecified atom stereocenters. The van der Waals surface area contributed by atoms with Gasteiger partial charge in [-0.15, -0.1) is 24.0 Å². The number of aldehydes is 1. The zero-order chi connectivity index (χ0) is 10.1. The largest absolute Gasteiger partial charge is 0.297 e. The van der Waals surface area contributed by atoms with E-state index in [0.717, 1.165) is 37.0 Å². The van der Waals surface area contributed by atoms with Crippen molar-refractivity contribution in [2.24, 2.45) is 0 Å². The molecule has 0 spiro atoms. The zero-order valence-electron chi connectivity index (χ0n) is 7.16. The summed E-state index contributed by atoms with van der Waals surface area (Å²) in [7, 11) is 0. The molecule has 0 fully saturated rings. The number of benzene rings is 1. The summed E-state index contributed by atoms with van der Waals surface area (Å²) in [5, 5.41) is 1.88. The van der Waals surface area contributed by atoms with Gasteiger partial charge in [-0.3, -0.25) is 4.79 Å². The van der Waals surface area contributed by atoms with Crippen molar-refractivity contribution in [2.75, 3.05) is 0 Å². The van der Waals surface area contributed by atoms with Crippen LogP contribution in [0.4, 0.5) is 0 Å². The average Bonchev–Trinajstić information content (AvgIpc) is 2.58. The summed E-state index contributed by atoms with van der Waals surface area (Å²) in [6.45, 7) is 0. The fraction of sp³-hybridized carbons (Fsp3) is 0.100. The van der Waals surface area contributed by atoms with Crippen molar-refractivity contribution in [3.8, 4) is 0 Å². The van der Waals surface area contributed by atoms with Gasteiger partial charge in [0.25, 0.3) is 0 Å². The number of thiol groups is 1. The molecule has 0 saturated carbocycles. The Balaban J connectivity index is 2.69. The number of hydrogen-bond acceptors (Lipinski definition) is 3. The monoisotopic (exact) mass is 286 g/mol. The fourth-order valence-corrected chi connectivity index (χ4v) is 3.19. The summed E-state index contributed by atoms with van der Waals surface area (Å²) in [6, 6.07) is 5.97. The first-order valence-electron chi connectivity index (χ1n) is 4.01. The lowest BCUT2D eigenvalue weighted by molar-refractivity contribution is 0.112. The SMILES string of the molecule is O=Cc1cc2cc(S)c(CBr)cc2s1. The highest BCUT2D eigenvalue weighted by atomic mass is 79.9. The molecule has 0 saturated heterocycles. The van der Waals surface area contributed by atoms with Crippen molar-refractivity contribution in [3.63, 3.8) is 0 Å². The van der Waals surface area contributed by atoms with Crippen LogP contribution in [0.2, 0.25) is 0 Å². The number of halogens is 1. The summed E-state index contributed by atoms with van der Waals surface area (Å²) in [5.41, 5.74) is 1.15. The van der Waals surface area contributed by atoms with Crippen LogP contribution in [0.1, 0.15) is 15.2 Å². The van der Waals surface area contributed by atoms with E-state index in [1.165, 1.54) is 11.3 Å². The molecule has 0 atom stereocenters. The first-order valence-corrected chi connectivity index (χ1v) is 6.39. The van der Waals surface area contributed by atoms with Gasteiger partial charge in [0.1, 0.15) is 0 Å². The fourth-order valence-electron chi connectivity index (χ4n) is 1.30. The topological polar surface area (TPSA) is 17.1 Å². The normalized spacial score (nSPS) is 10.7. The quantitative estimate of drug-likeness (QED) is 0.503. The highest BCUT2D eigenvalue weighted by molar-refractivity contribution is 9.08. The minimum absolute atomic E-state index is 0.763. The third-order valence-corrected chi connectivity index (χ3v) is 4.04. The Labute approximate surface area is 99.7 Å². The van der Waals surface area contributed by atoms with Gasteiger partial charge in [-0.1, -0.05) is 15.9 Å². The number of rotatable bonds is 2. The third-order valence-electron chi connectivity index (χ3n) is 2.00. The molecule has 0 radical (unpaired) electrons. The van der Waals surface area contributed by atoms with Crippen molar-refractivity contribution < 1.29 is 4.79 Å². The number of thiophene rings is 1. The molecule has 0 aliphatic rings. The van der Waals surface area contributed by atoms with Crippen LogP contribution in [-0.4, -0.2) is 6.29 Å². The van der Waals surface area contributed by atoms with Gasteiger partial charge < -0.3 is 0 Å². The lowest BCUT2D eigenvalue weighted by Crippen LogP contribution is -1.78. The van der Waals surface area contributed by atoms with Crippen LogP contribution in [0, 0.1) is 0 Å². The summed E-state index contributed by atoms with van der Waals surface area (Å²) >= 11 is 9.30. The van der Waals surface area contributed by atoms with Crippen molar-refractivity contribution >= 4 is 56.3 Å². The maximum atomic E-state index is 10.6. The smallest absolute Gasteiger partial charge is 0.160 e. The van der Waals surface area contributed by atoms with Gasteiger partial charge >= 0.3 is 0 Å². The van der Waals surface area contributed by atoms with Gasteiger partial charge in [-0.2, -0.15) is 0 Å². The second kappa shape index (κ2) is 4.04. The van der Waals surface area contributed by atoms with E-state index < -0.39 is 0 Å². The lowest BCUT2D eigenvalue weighted by atomic mass is 10.2. The van der Waals surface area contributed by atoms with E-state index in [4.69, 9.17) is 0 Å². The van der Waals surface area contributed by atoms with Crippen LogP contribution >= 0.6 is 39.9 Å². The first-order chi connectivity index (χ1) is 6.74. The van der Waals surface area contributed by atoms with Crippen molar-refractivity contribution in [3.05, 3.63) is 28.6 Å². The molecule has 4 heteroatoms. The van der Waals surface area contributed by atoms with Crippen LogP contribution < -0.4 is 0 Å². The Bertz CT molecular complexity index is 490. The van der Waals surface area contributed by atoms with E-state index in [2.05, 4.69) is 34.6 Å². The van der Waals surface area contributed by atoms with Gasteiger partial charge in [0, 0.05) is 14.9 Å². The van der Waals surface area contributed by atoms with Gasteiger partial charge in [-0.05, 0) is 29.1 Å². The molecule has 0 aliphatic carbocycles. The summed E-state index contributed by atoms with van der Waals surface area (Å²) in [4.78, 5) is 12.3. The molecule has 2 rings (SSSR count). The molecule has 14 heavy (non-hydrogen) atoms. The van der Waals surface area contributed by atoms with Gasteiger partial charge in [0.05, 0.1) is 4.88 Å². The van der Waals surface area contributed by atoms with Crippen LogP contribution in [0.15, 0.2) is 23.1 Å². The summed E-state index contributed by atoms with van der Waals surface area (Å²) < 4.78 is 1.14. The molecule has 0 bridgehead atoms. The predicted molar refractivity (Wildman–Crippen MR) is 67.1 cm³/mol. The standard InChI is InChI=1S/C10H7BrOS2/c11-4-7-3-10-6(2-9(7)13)1-8(5-12)14-10/h1-3,5,13H,4H2. The molecule has 0 N–H and O–H groups in total. The van der Waals surface area contributed by atoms with Gasteiger partial charge in [-0.25, -0.2) is 0 Å². The van der Waals surface area contributed by atoms with Crippen LogP contribution in [0.5, 0.6) is 0 Å². The molecule has 2 aromatic rings. The number of hydrogen-bond donors (Lipinski definition) is 1. The molecule has 1 heterocycles. The minimum atomic E-state index is 0.763. The Hall–Kier alpha value is -0.320. The van der Waals surface area contributed by atoms with Crippen LogP contribution in [-0.2, 0) is 5.33 Å². The predicted octanol–water partition coefficient (Wildman–Crippen LogP) is 3.90. The number of carbonyl (C=O) groups excluding carboxylic acids is 1. The van der Waals surface area contributed by atoms with Crippen molar-refractivity contribution in [2.45, 2.75) is 10.2 Å². The lowest BCUT2D eigenvalue weighted by Gasteiger charge is -2.00. The number of carbonyl (C=O) groups is 1. The Morgan fingerprint density at radius 1 is 1.43 bits per heavy atom. The molecule has 1 aromatic carbocycles. The van der Waals surface area contributed by atoms with Gasteiger partial charge in [0.2, 0.25) is 0 Å². The molecule has 0 aliphatic heterocycles. The third kappa shape index (κ3) is 1.74. The molecular weight excluding hydrogens is 280 g/mol. The van der Waals surface area contributed by atoms with Crippen molar-refractivity contribution in [1.29, 1.82) is 0 Å². The average molecular weight is 287 g/mol. The minimum Gasteiger partial charge on any atom is -0.297 e. The second-order valence-electron chi connectivity index (χ2n) is 2.92. The summed E-state index contributed by atoms with van der Waals surface area (Å²) in [5.74, 6) is 0. The molecule has 1 nitrogen and oxygen atoms in total. The van der Waals surface area contributed by atoms with E-state index in [-0.39, 0.29) is 0 Å². The van der Waals surface area contributed by atoms with E-state index >= 15 is 0 Å². The van der Waals surface area contributed by atoms with Crippen LogP contribution in [0.3, 0.4) is 0 Å². The summed E-state index contributed by atoms with van der Waals surface area (Å²) in [6.07, 6.45) is 0.886. The zero-order valence-corrected chi connectivity index (χ0v) is 10.5. The number of fused-ring (bicyclic) bond motifs is 1. The number of alkyl halides is 1. The molecule has 72 valence electrons. The second-order valence-corrected chi connectivity index (χ2v) is 5.08. The molecule has 0 amide bonds. The molecular formula is C10H7BrOS2. The van der Waals surface area contributed by atoms with E-state index in [1.807, 2.05) is 12.1 Å². The Morgan fingerprint density at radius 3 is 2.86 bits per heavy atom. The van der Waals surface area contributed by atoms with Gasteiger partial charge in [0.15, 0.2) is 6.29 Å². The highest BCUT2D eigenvalue weighted by Gasteiger charge is 2.04. The van der Waals surface area contributed by atoms with Crippen molar-refractivity contribution in [1.82, 2.24) is 0 Å². The van der Waals surface area contributed by atoms with Crippen LogP contribution in [0.25, 0.3) is 10.1 Å². The molecule has 1 aromatic heterocycles. The Kier molecular flexibility index (Phi) is 2.95. The van der Waals surface area contributed by atoms with E-state index in [1.54, 1.807) is 0 Å². The maximum Gasteiger partial charge on any atom is 0.160 e. The Morgan fingerprint density at radius 2 is 2.21 bits per heavy atom. The first kappa shape index (κ1) is 10.2. The highest BCUT2D eigenvalue weighted by Crippen LogP contribution is 2.30. The van der Waals surface area contributed by atoms with E-state index in [0.29, 0.717) is 0 Å². The maximum absolute atomic E-state index is 10.6.